The third kappa shape index (κ3) is 4.83. The van der Waals surface area contributed by atoms with Crippen LogP contribution in [-0.4, -0.2) is 32.5 Å². The standard InChI is InChI=1S/C12H25NO2S/c1-2-13-10-6-7-11-16(14,15)12-8-4-3-5-9-12/h12-13H,2-11H2,1H3. The molecule has 0 saturated heterocycles. The van der Waals surface area contributed by atoms with Crippen molar-refractivity contribution < 1.29 is 8.42 Å². The van der Waals surface area contributed by atoms with Gasteiger partial charge in [0.1, 0.15) is 0 Å². The Morgan fingerprint density at radius 3 is 2.44 bits per heavy atom. The van der Waals surface area contributed by atoms with Crippen LogP contribution in [0.3, 0.4) is 0 Å². The van der Waals surface area contributed by atoms with E-state index >= 15 is 0 Å². The summed E-state index contributed by atoms with van der Waals surface area (Å²) < 4.78 is 24.0. The van der Waals surface area contributed by atoms with Crippen molar-refractivity contribution in [3.63, 3.8) is 0 Å². The molecule has 1 N–H and O–H groups in total. The van der Waals surface area contributed by atoms with E-state index in [0.717, 1.165) is 51.6 Å². The summed E-state index contributed by atoms with van der Waals surface area (Å²) in [7, 11) is -2.80. The van der Waals surface area contributed by atoms with Crippen molar-refractivity contribution in [3.05, 3.63) is 0 Å². The Balaban J connectivity index is 2.22. The molecule has 4 heteroatoms. The molecule has 0 aromatic rings. The van der Waals surface area contributed by atoms with Crippen LogP contribution in [0.25, 0.3) is 0 Å². The summed E-state index contributed by atoms with van der Waals surface area (Å²) >= 11 is 0. The number of sulfone groups is 1. The minimum atomic E-state index is -2.80. The Morgan fingerprint density at radius 2 is 1.81 bits per heavy atom. The van der Waals surface area contributed by atoms with Crippen LogP contribution < -0.4 is 5.32 Å². The molecule has 1 rings (SSSR count). The fraction of sp³-hybridized carbons (Fsp3) is 1.00. The summed E-state index contributed by atoms with van der Waals surface area (Å²) in [6.07, 6.45) is 6.99. The van der Waals surface area contributed by atoms with Crippen LogP contribution in [0.2, 0.25) is 0 Å². The van der Waals surface area contributed by atoms with Crippen LogP contribution in [0.4, 0.5) is 0 Å². The van der Waals surface area contributed by atoms with Crippen molar-refractivity contribution in [3.8, 4) is 0 Å². The van der Waals surface area contributed by atoms with Crippen LogP contribution in [0.5, 0.6) is 0 Å². The van der Waals surface area contributed by atoms with Crippen LogP contribution in [0.1, 0.15) is 51.9 Å². The average molecular weight is 247 g/mol. The Morgan fingerprint density at radius 1 is 1.12 bits per heavy atom. The van der Waals surface area contributed by atoms with Crippen LogP contribution in [0, 0.1) is 0 Å². The molecule has 3 nitrogen and oxygen atoms in total. The van der Waals surface area contributed by atoms with Gasteiger partial charge in [-0.05, 0) is 38.8 Å². The fourth-order valence-electron chi connectivity index (χ4n) is 2.32. The fourth-order valence-corrected chi connectivity index (χ4v) is 4.31. The molecule has 1 fully saturated rings. The summed E-state index contributed by atoms with van der Waals surface area (Å²) in [6, 6.07) is 0. The first-order valence-electron chi connectivity index (χ1n) is 6.59. The third-order valence-corrected chi connectivity index (χ3v) is 5.69. The van der Waals surface area contributed by atoms with Crippen LogP contribution in [0.15, 0.2) is 0 Å². The molecule has 1 aliphatic carbocycles. The summed E-state index contributed by atoms with van der Waals surface area (Å²) in [5.74, 6) is 0.392. The van der Waals surface area contributed by atoms with Gasteiger partial charge in [-0.1, -0.05) is 26.2 Å². The predicted molar refractivity (Wildman–Crippen MR) is 68.4 cm³/mol. The topological polar surface area (TPSA) is 46.2 Å². The zero-order valence-corrected chi connectivity index (χ0v) is 11.2. The molecule has 1 aliphatic rings. The Hall–Kier alpha value is -0.0900. The second-order valence-corrected chi connectivity index (χ2v) is 7.09. The van der Waals surface area contributed by atoms with Gasteiger partial charge >= 0.3 is 0 Å². The molecule has 0 bridgehead atoms. The van der Waals surface area contributed by atoms with Gasteiger partial charge in [0.25, 0.3) is 0 Å². The predicted octanol–water partition coefficient (Wildman–Crippen LogP) is 2.12. The lowest BCUT2D eigenvalue weighted by molar-refractivity contribution is 0.482. The normalized spacial score (nSPS) is 18.8. The maximum Gasteiger partial charge on any atom is 0.153 e. The highest BCUT2D eigenvalue weighted by molar-refractivity contribution is 7.92. The van der Waals surface area contributed by atoms with E-state index in [1.807, 2.05) is 0 Å². The van der Waals surface area contributed by atoms with E-state index in [2.05, 4.69) is 12.2 Å². The molecule has 0 aromatic heterocycles. The first-order valence-corrected chi connectivity index (χ1v) is 8.30. The Labute approximate surface area is 99.9 Å². The molecule has 0 unspecified atom stereocenters. The molecule has 0 spiro atoms. The molecular formula is C12H25NO2S. The molecule has 96 valence electrons. The van der Waals surface area contributed by atoms with Gasteiger partial charge < -0.3 is 5.32 Å². The molecule has 0 aliphatic heterocycles. The summed E-state index contributed by atoms with van der Waals surface area (Å²) in [5, 5.41) is 3.19. The maximum absolute atomic E-state index is 12.0. The average Bonchev–Trinajstić information content (AvgIpc) is 2.30. The van der Waals surface area contributed by atoms with Gasteiger partial charge in [-0.2, -0.15) is 0 Å². The van der Waals surface area contributed by atoms with E-state index in [1.54, 1.807) is 0 Å². The van der Waals surface area contributed by atoms with Crippen LogP contribution in [-0.2, 0) is 9.84 Å². The summed E-state index contributed by atoms with van der Waals surface area (Å²) in [5.41, 5.74) is 0. The highest BCUT2D eigenvalue weighted by Crippen LogP contribution is 2.24. The van der Waals surface area contributed by atoms with Crippen molar-refractivity contribution in [1.29, 1.82) is 0 Å². The number of rotatable bonds is 7. The third-order valence-electron chi connectivity index (χ3n) is 3.34. The highest BCUT2D eigenvalue weighted by atomic mass is 32.2. The number of nitrogens with one attached hydrogen (secondary N) is 1. The van der Waals surface area contributed by atoms with Gasteiger partial charge in [0.05, 0.1) is 11.0 Å². The number of hydrogen-bond donors (Lipinski definition) is 1. The zero-order valence-electron chi connectivity index (χ0n) is 10.4. The molecular weight excluding hydrogens is 222 g/mol. The van der Waals surface area contributed by atoms with E-state index in [0.29, 0.717) is 5.75 Å². The molecule has 0 radical (unpaired) electrons. The van der Waals surface area contributed by atoms with E-state index in [4.69, 9.17) is 0 Å². The van der Waals surface area contributed by atoms with Gasteiger partial charge in [-0.3, -0.25) is 0 Å². The summed E-state index contributed by atoms with van der Waals surface area (Å²) in [4.78, 5) is 0. The molecule has 1 saturated carbocycles. The van der Waals surface area contributed by atoms with E-state index in [9.17, 15) is 8.42 Å². The largest absolute Gasteiger partial charge is 0.317 e. The van der Waals surface area contributed by atoms with E-state index in [-0.39, 0.29) is 5.25 Å². The quantitative estimate of drug-likeness (QED) is 0.701. The summed E-state index contributed by atoms with van der Waals surface area (Å²) in [6.45, 7) is 3.98. The minimum Gasteiger partial charge on any atom is -0.317 e. The minimum absolute atomic E-state index is 0.0274. The van der Waals surface area contributed by atoms with Gasteiger partial charge in [0, 0.05) is 0 Å². The first-order chi connectivity index (χ1) is 7.67. The molecule has 16 heavy (non-hydrogen) atoms. The molecule has 0 aromatic carbocycles. The van der Waals surface area contributed by atoms with E-state index in [1.165, 1.54) is 6.42 Å². The van der Waals surface area contributed by atoms with Gasteiger partial charge in [-0.25, -0.2) is 8.42 Å². The Bertz CT molecular complexity index is 269. The lowest BCUT2D eigenvalue weighted by Crippen LogP contribution is -2.26. The second kappa shape index (κ2) is 7.28. The highest BCUT2D eigenvalue weighted by Gasteiger charge is 2.26. The van der Waals surface area contributed by atoms with Crippen molar-refractivity contribution in [2.24, 2.45) is 0 Å². The smallest absolute Gasteiger partial charge is 0.153 e. The maximum atomic E-state index is 12.0. The molecule has 0 amide bonds. The molecule has 0 atom stereocenters. The van der Waals surface area contributed by atoms with Crippen molar-refractivity contribution >= 4 is 9.84 Å². The van der Waals surface area contributed by atoms with Gasteiger partial charge in [-0.15, -0.1) is 0 Å². The number of hydrogen-bond acceptors (Lipinski definition) is 3. The zero-order chi connectivity index (χ0) is 11.9. The van der Waals surface area contributed by atoms with Gasteiger partial charge in [0.2, 0.25) is 0 Å². The molecule has 0 heterocycles. The van der Waals surface area contributed by atoms with Gasteiger partial charge in [0.15, 0.2) is 9.84 Å². The lowest BCUT2D eigenvalue weighted by Gasteiger charge is -2.21. The monoisotopic (exact) mass is 247 g/mol. The van der Waals surface area contributed by atoms with Crippen molar-refractivity contribution in [2.75, 3.05) is 18.8 Å². The lowest BCUT2D eigenvalue weighted by atomic mass is 10.0. The van der Waals surface area contributed by atoms with Crippen molar-refractivity contribution in [1.82, 2.24) is 5.32 Å². The second-order valence-electron chi connectivity index (χ2n) is 4.69. The Kier molecular flexibility index (Phi) is 6.36. The first kappa shape index (κ1) is 14.0. The van der Waals surface area contributed by atoms with Crippen molar-refractivity contribution in [2.45, 2.75) is 57.1 Å². The SMILES string of the molecule is CCNCCCCS(=O)(=O)C1CCCCC1. The van der Waals surface area contributed by atoms with E-state index < -0.39 is 9.84 Å². The number of unbranched alkanes of at least 4 members (excludes halogenated alkanes) is 1. The van der Waals surface area contributed by atoms with Crippen LogP contribution >= 0.6 is 0 Å².